The van der Waals surface area contributed by atoms with E-state index < -0.39 is 23.4 Å². The molecule has 2 rings (SSSR count). The van der Waals surface area contributed by atoms with E-state index in [4.69, 9.17) is 5.73 Å². The van der Waals surface area contributed by atoms with Crippen LogP contribution >= 0.6 is 0 Å². The predicted octanol–water partition coefficient (Wildman–Crippen LogP) is 4.18. The van der Waals surface area contributed by atoms with Crippen LogP contribution in [0.4, 0.5) is 33.3 Å². The number of benzene rings is 2. The van der Waals surface area contributed by atoms with Crippen molar-refractivity contribution in [2.24, 2.45) is 0 Å². The quantitative estimate of drug-likeness (QED) is 0.659. The molecule has 21 heavy (non-hydrogen) atoms. The van der Waals surface area contributed by atoms with E-state index in [1.807, 2.05) is 0 Å². The number of hydrogen-bond acceptors (Lipinski definition) is 2. The van der Waals surface area contributed by atoms with E-state index in [0.29, 0.717) is 5.56 Å². The van der Waals surface area contributed by atoms with E-state index in [2.05, 4.69) is 5.32 Å². The van der Waals surface area contributed by atoms with Gasteiger partial charge in [-0.05, 0) is 35.9 Å². The second-order valence-corrected chi connectivity index (χ2v) is 4.40. The number of hydrogen-bond donors (Lipinski definition) is 2. The van der Waals surface area contributed by atoms with E-state index in [9.17, 15) is 22.0 Å². The molecule has 2 aromatic carbocycles. The van der Waals surface area contributed by atoms with Crippen molar-refractivity contribution in [1.82, 2.24) is 0 Å². The zero-order chi connectivity index (χ0) is 15.6. The molecule has 0 bridgehead atoms. The van der Waals surface area contributed by atoms with E-state index in [0.717, 1.165) is 24.3 Å². The lowest BCUT2D eigenvalue weighted by molar-refractivity contribution is -0.136. The monoisotopic (exact) mass is 302 g/mol. The molecule has 0 saturated heterocycles. The third-order valence-electron chi connectivity index (χ3n) is 2.84. The van der Waals surface area contributed by atoms with Crippen molar-refractivity contribution in [1.29, 1.82) is 0 Å². The average molecular weight is 302 g/mol. The molecule has 2 aromatic rings. The molecular weight excluding hydrogens is 291 g/mol. The largest absolute Gasteiger partial charge is 0.418 e. The molecule has 112 valence electrons. The summed E-state index contributed by atoms with van der Waals surface area (Å²) < 4.78 is 63.8. The molecule has 0 amide bonds. The third kappa shape index (κ3) is 3.62. The molecule has 0 aliphatic heterocycles. The molecule has 0 heterocycles. The fraction of sp³-hybridized carbons (Fsp3) is 0.143. The van der Waals surface area contributed by atoms with Crippen LogP contribution in [0, 0.1) is 11.6 Å². The molecule has 0 spiro atoms. The molecule has 0 saturated carbocycles. The highest BCUT2D eigenvalue weighted by Crippen LogP contribution is 2.35. The van der Waals surface area contributed by atoms with Crippen LogP contribution in [0.25, 0.3) is 0 Å². The van der Waals surface area contributed by atoms with Crippen LogP contribution in [0.1, 0.15) is 11.1 Å². The van der Waals surface area contributed by atoms with Crippen molar-refractivity contribution in [3.8, 4) is 0 Å². The van der Waals surface area contributed by atoms with Crippen LogP contribution in [0.15, 0.2) is 36.4 Å². The molecule has 2 nitrogen and oxygen atoms in total. The summed E-state index contributed by atoms with van der Waals surface area (Å²) in [6.45, 7) is 0.0540. The van der Waals surface area contributed by atoms with E-state index in [1.165, 1.54) is 12.1 Å². The predicted molar refractivity (Wildman–Crippen MR) is 69.5 cm³/mol. The number of alkyl halides is 3. The second kappa shape index (κ2) is 5.59. The zero-order valence-electron chi connectivity index (χ0n) is 10.6. The van der Waals surface area contributed by atoms with Gasteiger partial charge in [-0.25, -0.2) is 8.78 Å². The van der Waals surface area contributed by atoms with Crippen molar-refractivity contribution in [2.45, 2.75) is 12.7 Å². The number of nitrogens with two attached hydrogens (primary N) is 1. The van der Waals surface area contributed by atoms with Crippen molar-refractivity contribution in [3.05, 3.63) is 59.2 Å². The highest BCUT2D eigenvalue weighted by atomic mass is 19.4. The average Bonchev–Trinajstić information content (AvgIpc) is 2.40. The lowest BCUT2D eigenvalue weighted by Crippen LogP contribution is -2.10. The minimum absolute atomic E-state index is 0.0540. The number of nitrogens with one attached hydrogen (secondary N) is 1. The molecule has 0 aliphatic carbocycles. The lowest BCUT2D eigenvalue weighted by Gasteiger charge is -2.13. The van der Waals surface area contributed by atoms with Gasteiger partial charge in [0.25, 0.3) is 0 Å². The van der Waals surface area contributed by atoms with Crippen LogP contribution < -0.4 is 11.1 Å². The molecule has 0 radical (unpaired) electrons. The molecule has 0 atom stereocenters. The van der Waals surface area contributed by atoms with E-state index >= 15 is 0 Å². The van der Waals surface area contributed by atoms with Gasteiger partial charge in [-0.1, -0.05) is 6.07 Å². The summed E-state index contributed by atoms with van der Waals surface area (Å²) in [5.74, 6) is -1.99. The topological polar surface area (TPSA) is 38.0 Å². The van der Waals surface area contributed by atoms with Gasteiger partial charge in [0, 0.05) is 17.9 Å². The number of rotatable bonds is 3. The van der Waals surface area contributed by atoms with Crippen LogP contribution in [-0.4, -0.2) is 0 Å². The van der Waals surface area contributed by atoms with Gasteiger partial charge >= 0.3 is 6.18 Å². The van der Waals surface area contributed by atoms with Gasteiger partial charge in [0.15, 0.2) is 11.6 Å². The summed E-state index contributed by atoms with van der Waals surface area (Å²) in [6.07, 6.45) is -4.55. The lowest BCUT2D eigenvalue weighted by atomic mass is 10.1. The molecular formula is C14H11F5N2. The Hall–Kier alpha value is -2.31. The summed E-state index contributed by atoms with van der Waals surface area (Å²) in [6, 6.07) is 6.66. The Morgan fingerprint density at radius 1 is 0.952 bits per heavy atom. The van der Waals surface area contributed by atoms with Gasteiger partial charge in [-0.3, -0.25) is 0 Å². The van der Waals surface area contributed by atoms with Crippen LogP contribution in [0.3, 0.4) is 0 Å². The first kappa shape index (κ1) is 15.1. The summed E-state index contributed by atoms with van der Waals surface area (Å²) in [5, 5.41) is 2.70. The second-order valence-electron chi connectivity index (χ2n) is 4.40. The SMILES string of the molecule is Nc1ccc(NCc2ccc(F)c(F)c2)cc1C(F)(F)F. The summed E-state index contributed by atoms with van der Waals surface area (Å²) in [4.78, 5) is 0. The molecule has 0 aromatic heterocycles. The van der Waals surface area contributed by atoms with Crippen molar-refractivity contribution in [2.75, 3.05) is 11.1 Å². The normalized spacial score (nSPS) is 11.5. The highest BCUT2D eigenvalue weighted by Gasteiger charge is 2.33. The molecule has 0 unspecified atom stereocenters. The molecule has 3 N–H and O–H groups in total. The van der Waals surface area contributed by atoms with Crippen molar-refractivity contribution in [3.63, 3.8) is 0 Å². The van der Waals surface area contributed by atoms with Gasteiger partial charge < -0.3 is 11.1 Å². The molecule has 0 aliphatic rings. The fourth-order valence-electron chi connectivity index (χ4n) is 1.77. The van der Waals surface area contributed by atoms with E-state index in [1.54, 1.807) is 0 Å². The Morgan fingerprint density at radius 2 is 1.67 bits per heavy atom. The van der Waals surface area contributed by atoms with Gasteiger partial charge in [0.1, 0.15) is 0 Å². The van der Waals surface area contributed by atoms with E-state index in [-0.39, 0.29) is 17.9 Å². The summed E-state index contributed by atoms with van der Waals surface area (Å²) in [7, 11) is 0. The number of nitrogen functional groups attached to an aromatic ring is 1. The molecule has 0 fully saturated rings. The van der Waals surface area contributed by atoms with Gasteiger partial charge in [0.2, 0.25) is 0 Å². The first-order valence-electron chi connectivity index (χ1n) is 5.92. The first-order valence-corrected chi connectivity index (χ1v) is 5.92. The standard InChI is InChI=1S/C14H11F5N2/c15-11-3-1-8(5-12(11)16)7-21-9-2-4-13(20)10(6-9)14(17,18)19/h1-6,21H,7,20H2. The Kier molecular flexibility index (Phi) is 4.02. The minimum Gasteiger partial charge on any atom is -0.398 e. The maximum Gasteiger partial charge on any atom is 0.418 e. The minimum atomic E-state index is -4.55. The van der Waals surface area contributed by atoms with Crippen molar-refractivity contribution < 1.29 is 22.0 Å². The maximum absolute atomic E-state index is 13.0. The Labute approximate surface area is 117 Å². The number of anilines is 2. The Morgan fingerprint density at radius 3 is 2.29 bits per heavy atom. The Bertz CT molecular complexity index is 652. The van der Waals surface area contributed by atoms with Gasteiger partial charge in [-0.2, -0.15) is 13.2 Å². The smallest absolute Gasteiger partial charge is 0.398 e. The number of halogens is 5. The fourth-order valence-corrected chi connectivity index (χ4v) is 1.77. The van der Waals surface area contributed by atoms with Crippen LogP contribution in [0.5, 0.6) is 0 Å². The summed E-state index contributed by atoms with van der Waals surface area (Å²) in [5.41, 5.74) is 4.54. The molecule has 7 heteroatoms. The first-order chi connectivity index (χ1) is 9.77. The maximum atomic E-state index is 13.0. The third-order valence-corrected chi connectivity index (χ3v) is 2.84. The zero-order valence-corrected chi connectivity index (χ0v) is 10.6. The van der Waals surface area contributed by atoms with Crippen LogP contribution in [0.2, 0.25) is 0 Å². The Balaban J connectivity index is 2.15. The highest BCUT2D eigenvalue weighted by molar-refractivity contribution is 5.58. The van der Waals surface area contributed by atoms with Gasteiger partial charge in [-0.15, -0.1) is 0 Å². The van der Waals surface area contributed by atoms with Gasteiger partial charge in [0.05, 0.1) is 5.56 Å². The summed E-state index contributed by atoms with van der Waals surface area (Å²) >= 11 is 0. The van der Waals surface area contributed by atoms with Crippen LogP contribution in [-0.2, 0) is 12.7 Å². The van der Waals surface area contributed by atoms with Crippen molar-refractivity contribution >= 4 is 11.4 Å².